The number of ether oxygens (including phenoxy) is 1. The predicted molar refractivity (Wildman–Crippen MR) is 111 cm³/mol. The first kappa shape index (κ1) is 20.4. The second-order valence-electron chi connectivity index (χ2n) is 11.2. The molecule has 0 heterocycles. The number of carbonyl (C=O) groups is 2. The molecule has 0 aromatic rings. The SMILES string of the molecule is COC(=O)CC[C@@H](C)C1CCC2C3CC(=O)[C@@H]4CCCC[C@]4(C)C3CC[C@@]21C. The lowest BCUT2D eigenvalue weighted by Crippen LogP contribution is -2.56. The summed E-state index contributed by atoms with van der Waals surface area (Å²) >= 11 is 0. The molecule has 4 aliphatic carbocycles. The van der Waals surface area contributed by atoms with Crippen molar-refractivity contribution in [1.82, 2.24) is 0 Å². The van der Waals surface area contributed by atoms with Crippen LogP contribution in [0.25, 0.3) is 0 Å². The third-order valence-electron chi connectivity index (χ3n) is 10.2. The van der Waals surface area contributed by atoms with Gasteiger partial charge in [-0.1, -0.05) is 33.6 Å². The zero-order valence-electron chi connectivity index (χ0n) is 18.5. The summed E-state index contributed by atoms with van der Waals surface area (Å²) in [5, 5.41) is 0. The van der Waals surface area contributed by atoms with E-state index < -0.39 is 0 Å². The quantitative estimate of drug-likeness (QED) is 0.571. The average Bonchev–Trinajstić information content (AvgIpc) is 3.03. The molecule has 158 valence electrons. The number of hydrogen-bond donors (Lipinski definition) is 0. The van der Waals surface area contributed by atoms with Crippen molar-refractivity contribution in [1.29, 1.82) is 0 Å². The first-order valence-corrected chi connectivity index (χ1v) is 11.9. The molecule has 4 aliphatic rings. The molecule has 3 nitrogen and oxygen atoms in total. The van der Waals surface area contributed by atoms with Crippen molar-refractivity contribution in [3.63, 3.8) is 0 Å². The Balaban J connectivity index is 1.53. The Morgan fingerprint density at radius 2 is 1.82 bits per heavy atom. The van der Waals surface area contributed by atoms with Gasteiger partial charge in [0.15, 0.2) is 0 Å². The number of fused-ring (bicyclic) bond motifs is 5. The van der Waals surface area contributed by atoms with Crippen molar-refractivity contribution in [3.05, 3.63) is 0 Å². The maximum absolute atomic E-state index is 13.2. The zero-order valence-corrected chi connectivity index (χ0v) is 18.5. The minimum Gasteiger partial charge on any atom is -0.469 e. The summed E-state index contributed by atoms with van der Waals surface area (Å²) in [6.45, 7) is 7.34. The third kappa shape index (κ3) is 3.06. The number of methoxy groups -OCH3 is 1. The van der Waals surface area contributed by atoms with Gasteiger partial charge in [-0.3, -0.25) is 9.59 Å². The fraction of sp³-hybridized carbons (Fsp3) is 0.920. The van der Waals surface area contributed by atoms with Crippen molar-refractivity contribution in [2.45, 2.75) is 91.4 Å². The number of ketones is 1. The van der Waals surface area contributed by atoms with Crippen molar-refractivity contribution in [3.8, 4) is 0 Å². The van der Waals surface area contributed by atoms with Gasteiger partial charge in [0, 0.05) is 18.8 Å². The largest absolute Gasteiger partial charge is 0.469 e. The molecule has 0 saturated heterocycles. The molecule has 4 unspecified atom stereocenters. The lowest BCUT2D eigenvalue weighted by Gasteiger charge is -2.60. The maximum Gasteiger partial charge on any atom is 0.305 e. The first-order valence-electron chi connectivity index (χ1n) is 11.9. The van der Waals surface area contributed by atoms with Gasteiger partial charge in [0.1, 0.15) is 5.78 Å². The summed E-state index contributed by atoms with van der Waals surface area (Å²) in [6, 6.07) is 0. The van der Waals surface area contributed by atoms with E-state index in [0.29, 0.717) is 47.2 Å². The minimum absolute atomic E-state index is 0.0793. The molecule has 0 aromatic carbocycles. The van der Waals surface area contributed by atoms with Crippen LogP contribution in [0.3, 0.4) is 0 Å². The normalized spacial score (nSPS) is 46.3. The number of carbonyl (C=O) groups excluding carboxylic acids is 2. The van der Waals surface area contributed by atoms with Gasteiger partial charge in [0.25, 0.3) is 0 Å². The van der Waals surface area contributed by atoms with E-state index in [1.807, 2.05) is 0 Å². The van der Waals surface area contributed by atoms with E-state index in [-0.39, 0.29) is 11.4 Å². The zero-order chi connectivity index (χ0) is 20.1. The molecule has 4 fully saturated rings. The second kappa shape index (κ2) is 7.43. The van der Waals surface area contributed by atoms with Gasteiger partial charge >= 0.3 is 5.97 Å². The van der Waals surface area contributed by atoms with Crippen LogP contribution < -0.4 is 0 Å². The van der Waals surface area contributed by atoms with Crippen molar-refractivity contribution in [2.24, 2.45) is 46.3 Å². The Bertz CT molecular complexity index is 627. The summed E-state index contributed by atoms with van der Waals surface area (Å²) in [6.07, 6.45) is 12.5. The predicted octanol–water partition coefficient (Wildman–Crippen LogP) is 5.80. The highest BCUT2D eigenvalue weighted by Crippen LogP contribution is 2.67. The molecule has 0 amide bonds. The van der Waals surface area contributed by atoms with E-state index in [1.165, 1.54) is 52.1 Å². The molecule has 8 atom stereocenters. The van der Waals surface area contributed by atoms with E-state index in [9.17, 15) is 9.59 Å². The van der Waals surface area contributed by atoms with Crippen molar-refractivity contribution < 1.29 is 14.3 Å². The van der Waals surface area contributed by atoms with Crippen LogP contribution in [0, 0.1) is 46.3 Å². The molecular formula is C25H40O3. The Labute approximate surface area is 171 Å². The highest BCUT2D eigenvalue weighted by molar-refractivity contribution is 5.83. The van der Waals surface area contributed by atoms with E-state index in [4.69, 9.17) is 4.74 Å². The number of hydrogen-bond acceptors (Lipinski definition) is 3. The summed E-state index contributed by atoms with van der Waals surface area (Å²) in [5.74, 6) is 4.20. The molecule has 28 heavy (non-hydrogen) atoms. The van der Waals surface area contributed by atoms with Crippen LogP contribution in [-0.2, 0) is 14.3 Å². The third-order valence-corrected chi connectivity index (χ3v) is 10.2. The van der Waals surface area contributed by atoms with Crippen LogP contribution in [0.2, 0.25) is 0 Å². The molecule has 0 aliphatic heterocycles. The van der Waals surface area contributed by atoms with Gasteiger partial charge in [0.2, 0.25) is 0 Å². The monoisotopic (exact) mass is 388 g/mol. The van der Waals surface area contributed by atoms with Crippen LogP contribution in [0.15, 0.2) is 0 Å². The minimum atomic E-state index is -0.0793. The van der Waals surface area contributed by atoms with Crippen LogP contribution in [0.5, 0.6) is 0 Å². The molecule has 4 rings (SSSR count). The first-order chi connectivity index (χ1) is 13.3. The van der Waals surface area contributed by atoms with Gasteiger partial charge in [-0.2, -0.15) is 0 Å². The fourth-order valence-corrected chi connectivity index (χ4v) is 8.72. The Kier molecular flexibility index (Phi) is 5.42. The lowest BCUT2D eigenvalue weighted by molar-refractivity contribution is -0.154. The molecule has 4 saturated carbocycles. The highest BCUT2D eigenvalue weighted by Gasteiger charge is 2.61. The number of esters is 1. The Morgan fingerprint density at radius 3 is 2.57 bits per heavy atom. The molecular weight excluding hydrogens is 348 g/mol. The van der Waals surface area contributed by atoms with Gasteiger partial charge in [-0.25, -0.2) is 0 Å². The highest BCUT2D eigenvalue weighted by atomic mass is 16.5. The van der Waals surface area contributed by atoms with Gasteiger partial charge in [-0.15, -0.1) is 0 Å². The van der Waals surface area contributed by atoms with Crippen LogP contribution in [-0.4, -0.2) is 18.9 Å². The molecule has 0 spiro atoms. The van der Waals surface area contributed by atoms with E-state index in [1.54, 1.807) is 0 Å². The van der Waals surface area contributed by atoms with E-state index >= 15 is 0 Å². The summed E-state index contributed by atoms with van der Waals surface area (Å²) in [4.78, 5) is 24.8. The summed E-state index contributed by atoms with van der Waals surface area (Å²) in [7, 11) is 1.49. The summed E-state index contributed by atoms with van der Waals surface area (Å²) in [5.41, 5.74) is 0.628. The Hall–Kier alpha value is -0.860. The average molecular weight is 389 g/mol. The van der Waals surface area contributed by atoms with Gasteiger partial charge < -0.3 is 4.74 Å². The van der Waals surface area contributed by atoms with Crippen LogP contribution in [0.4, 0.5) is 0 Å². The smallest absolute Gasteiger partial charge is 0.305 e. The van der Waals surface area contributed by atoms with Crippen LogP contribution in [0.1, 0.15) is 91.4 Å². The van der Waals surface area contributed by atoms with Gasteiger partial charge in [0.05, 0.1) is 7.11 Å². The Morgan fingerprint density at radius 1 is 1.07 bits per heavy atom. The standard InChI is InChI=1S/C25H40O3/c1-16(8-11-23(27)28-4)18-9-10-19-17-15-22(26)21-7-5-6-13-24(21,2)20(17)12-14-25(18,19)3/h16-21H,5-15H2,1-4H3/t16-,17?,18?,19?,20?,21+,24-,25-/m1/s1. The molecule has 3 heteroatoms. The molecule has 0 radical (unpaired) electrons. The lowest BCUT2D eigenvalue weighted by atomic mass is 9.44. The second-order valence-corrected chi connectivity index (χ2v) is 11.2. The molecule has 0 aromatic heterocycles. The number of Topliss-reactive ketones (excluding diaryl/α,β-unsaturated/α-hetero) is 1. The van der Waals surface area contributed by atoms with Crippen molar-refractivity contribution in [2.75, 3.05) is 7.11 Å². The van der Waals surface area contributed by atoms with Crippen molar-refractivity contribution >= 4 is 11.8 Å². The molecule has 0 bridgehead atoms. The van der Waals surface area contributed by atoms with Crippen LogP contribution >= 0.6 is 0 Å². The summed E-state index contributed by atoms with van der Waals surface area (Å²) < 4.78 is 4.86. The maximum atomic E-state index is 13.2. The molecule has 0 N–H and O–H groups in total. The van der Waals surface area contributed by atoms with Gasteiger partial charge in [-0.05, 0) is 85.4 Å². The van der Waals surface area contributed by atoms with E-state index in [2.05, 4.69) is 20.8 Å². The number of rotatable bonds is 4. The fourth-order valence-electron chi connectivity index (χ4n) is 8.72. The topological polar surface area (TPSA) is 43.4 Å². The van der Waals surface area contributed by atoms with E-state index in [0.717, 1.165) is 25.2 Å².